The zero-order chi connectivity index (χ0) is 17.6. The summed E-state index contributed by atoms with van der Waals surface area (Å²) in [6.45, 7) is 4.41. The molecule has 2 aliphatic heterocycles. The lowest BCUT2D eigenvalue weighted by molar-refractivity contribution is 0.0374. The molecule has 0 spiro atoms. The molecule has 0 saturated carbocycles. The van der Waals surface area contributed by atoms with Gasteiger partial charge in [-0.3, -0.25) is 4.90 Å². The molecule has 25 heavy (non-hydrogen) atoms. The van der Waals surface area contributed by atoms with Crippen molar-refractivity contribution in [2.45, 2.75) is 32.0 Å². The lowest BCUT2D eigenvalue weighted by Gasteiger charge is -2.50. The van der Waals surface area contributed by atoms with Crippen molar-refractivity contribution in [3.05, 3.63) is 52.5 Å². The number of hydrogen-bond acceptors (Lipinski definition) is 3. The summed E-state index contributed by atoms with van der Waals surface area (Å²) < 4.78 is 13.0. The first kappa shape index (κ1) is 16.3. The molecule has 1 saturated heterocycles. The first-order valence-corrected chi connectivity index (χ1v) is 9.12. The summed E-state index contributed by atoms with van der Waals surface area (Å²) in [4.78, 5) is 14.6. The van der Waals surface area contributed by atoms with Crippen LogP contribution in [0, 0.1) is 0 Å². The maximum Gasteiger partial charge on any atom is 0.325 e. The Labute approximate surface area is 155 Å². The van der Waals surface area contributed by atoms with Gasteiger partial charge in [0.2, 0.25) is 0 Å². The molecule has 5 nitrogen and oxygen atoms in total. The standard InChI is InChI=1S/C19H19BrN2O3/c1-3-24-17-7-5-4-6-15(17)22-18(23)21-14-11-19(22,2)25-16-9-8-12(20)10-13(14)16/h4-10,14H,3,11H2,1-2H3,(H,21,23)/t14-,19+/m0/s1. The Hall–Kier alpha value is -2.21. The third-order valence-electron chi connectivity index (χ3n) is 4.64. The normalized spacial score (nSPS) is 24.2. The van der Waals surface area contributed by atoms with Crippen molar-refractivity contribution in [3.8, 4) is 11.5 Å². The number of urea groups is 1. The van der Waals surface area contributed by atoms with Crippen LogP contribution in [0.5, 0.6) is 11.5 Å². The Morgan fingerprint density at radius 3 is 2.96 bits per heavy atom. The Bertz CT molecular complexity index is 841. The Kier molecular flexibility index (Phi) is 3.87. The topological polar surface area (TPSA) is 50.8 Å². The highest BCUT2D eigenvalue weighted by molar-refractivity contribution is 9.10. The van der Waals surface area contributed by atoms with Crippen LogP contribution in [0.2, 0.25) is 0 Å². The molecule has 1 fully saturated rings. The van der Waals surface area contributed by atoms with Crippen LogP contribution in [-0.2, 0) is 0 Å². The van der Waals surface area contributed by atoms with Crippen LogP contribution < -0.4 is 19.7 Å². The van der Waals surface area contributed by atoms with Crippen molar-refractivity contribution < 1.29 is 14.3 Å². The fourth-order valence-corrected chi connectivity index (χ4v) is 4.01. The van der Waals surface area contributed by atoms with Gasteiger partial charge in [0.25, 0.3) is 0 Å². The first-order chi connectivity index (χ1) is 12.0. The van der Waals surface area contributed by atoms with Crippen molar-refractivity contribution in [1.29, 1.82) is 0 Å². The number of hydrogen-bond donors (Lipinski definition) is 1. The number of nitrogens with zero attached hydrogens (tertiary/aromatic N) is 1. The quantitative estimate of drug-likeness (QED) is 0.814. The van der Waals surface area contributed by atoms with Crippen LogP contribution in [-0.4, -0.2) is 18.4 Å². The van der Waals surface area contributed by atoms with Gasteiger partial charge in [0.1, 0.15) is 11.5 Å². The second kappa shape index (κ2) is 5.95. The van der Waals surface area contributed by atoms with Gasteiger partial charge in [-0.1, -0.05) is 28.1 Å². The number of para-hydroxylation sites is 2. The highest BCUT2D eigenvalue weighted by atomic mass is 79.9. The van der Waals surface area contributed by atoms with E-state index in [0.29, 0.717) is 24.5 Å². The lowest BCUT2D eigenvalue weighted by Crippen LogP contribution is -2.65. The summed E-state index contributed by atoms with van der Waals surface area (Å²) in [7, 11) is 0. The molecular formula is C19H19BrN2O3. The number of carbonyl (C=O) groups is 1. The third-order valence-corrected chi connectivity index (χ3v) is 5.13. The average Bonchev–Trinajstić information content (AvgIpc) is 2.57. The fourth-order valence-electron chi connectivity index (χ4n) is 3.63. The van der Waals surface area contributed by atoms with Crippen molar-refractivity contribution in [2.75, 3.05) is 11.5 Å². The maximum atomic E-state index is 12.9. The van der Waals surface area contributed by atoms with E-state index in [1.165, 1.54) is 0 Å². The number of nitrogens with one attached hydrogen (secondary N) is 1. The molecule has 0 aliphatic carbocycles. The van der Waals surface area contributed by atoms with E-state index in [1.54, 1.807) is 4.90 Å². The van der Waals surface area contributed by atoms with Gasteiger partial charge in [0, 0.05) is 16.5 Å². The zero-order valence-electron chi connectivity index (χ0n) is 14.1. The smallest absolute Gasteiger partial charge is 0.325 e. The van der Waals surface area contributed by atoms with Crippen molar-refractivity contribution in [2.24, 2.45) is 0 Å². The van der Waals surface area contributed by atoms with E-state index in [4.69, 9.17) is 9.47 Å². The second-order valence-corrected chi connectivity index (χ2v) is 7.32. The molecule has 130 valence electrons. The second-order valence-electron chi connectivity index (χ2n) is 6.40. The minimum atomic E-state index is -0.777. The van der Waals surface area contributed by atoms with Gasteiger partial charge in [-0.15, -0.1) is 0 Å². The van der Waals surface area contributed by atoms with Crippen LogP contribution in [0.3, 0.4) is 0 Å². The minimum Gasteiger partial charge on any atom is -0.492 e. The molecule has 2 aromatic carbocycles. The highest BCUT2D eigenvalue weighted by Gasteiger charge is 2.50. The number of anilines is 1. The average molecular weight is 403 g/mol. The SMILES string of the molecule is CCOc1ccccc1N1C(=O)N[C@H]2C[C@@]1(C)Oc1ccc(Br)cc12. The van der Waals surface area contributed by atoms with Gasteiger partial charge in [-0.25, -0.2) is 4.79 Å². The van der Waals surface area contributed by atoms with Gasteiger partial charge in [-0.05, 0) is 44.2 Å². The van der Waals surface area contributed by atoms with Gasteiger partial charge in [0.15, 0.2) is 5.72 Å². The Morgan fingerprint density at radius 1 is 1.36 bits per heavy atom. The summed E-state index contributed by atoms with van der Waals surface area (Å²) in [6, 6.07) is 13.2. The number of rotatable bonds is 3. The number of fused-ring (bicyclic) bond motifs is 4. The van der Waals surface area contributed by atoms with E-state index in [0.717, 1.165) is 15.8 Å². The maximum absolute atomic E-state index is 12.9. The van der Waals surface area contributed by atoms with E-state index in [-0.39, 0.29) is 12.1 Å². The van der Waals surface area contributed by atoms with E-state index >= 15 is 0 Å². The van der Waals surface area contributed by atoms with Gasteiger partial charge in [0.05, 0.1) is 18.3 Å². The van der Waals surface area contributed by atoms with Gasteiger partial charge in [-0.2, -0.15) is 0 Å². The zero-order valence-corrected chi connectivity index (χ0v) is 15.7. The molecule has 2 heterocycles. The van der Waals surface area contributed by atoms with Crippen molar-refractivity contribution >= 4 is 27.6 Å². The molecule has 2 amide bonds. The molecule has 2 aliphatic rings. The summed E-state index contributed by atoms with van der Waals surface area (Å²) in [6.07, 6.45) is 0.655. The van der Waals surface area contributed by atoms with Crippen LogP contribution in [0.25, 0.3) is 0 Å². The molecule has 0 unspecified atom stereocenters. The third kappa shape index (κ3) is 2.65. The molecule has 0 aromatic heterocycles. The Morgan fingerprint density at radius 2 is 2.16 bits per heavy atom. The predicted octanol–water partition coefficient (Wildman–Crippen LogP) is 4.62. The van der Waals surface area contributed by atoms with Crippen LogP contribution >= 0.6 is 15.9 Å². The lowest BCUT2D eigenvalue weighted by atomic mass is 9.90. The summed E-state index contributed by atoms with van der Waals surface area (Å²) in [5.41, 5.74) is 0.933. The van der Waals surface area contributed by atoms with E-state index < -0.39 is 5.72 Å². The van der Waals surface area contributed by atoms with Gasteiger partial charge < -0.3 is 14.8 Å². The van der Waals surface area contributed by atoms with E-state index in [1.807, 2.05) is 56.3 Å². The van der Waals surface area contributed by atoms with Crippen LogP contribution in [0.1, 0.15) is 31.9 Å². The molecule has 6 heteroatoms. The molecular weight excluding hydrogens is 384 g/mol. The largest absolute Gasteiger partial charge is 0.492 e. The minimum absolute atomic E-state index is 0.0748. The van der Waals surface area contributed by atoms with E-state index in [9.17, 15) is 4.79 Å². The molecule has 2 atom stereocenters. The monoisotopic (exact) mass is 402 g/mol. The first-order valence-electron chi connectivity index (χ1n) is 8.33. The van der Waals surface area contributed by atoms with Crippen molar-refractivity contribution in [3.63, 3.8) is 0 Å². The summed E-state index contributed by atoms with van der Waals surface area (Å²) in [5, 5.41) is 3.10. The number of carbonyl (C=O) groups excluding carboxylic acids is 1. The Balaban J connectivity index is 1.80. The predicted molar refractivity (Wildman–Crippen MR) is 99.2 cm³/mol. The number of benzene rings is 2. The number of ether oxygens (including phenoxy) is 2. The van der Waals surface area contributed by atoms with E-state index in [2.05, 4.69) is 21.2 Å². The van der Waals surface area contributed by atoms with Crippen LogP contribution in [0.15, 0.2) is 46.9 Å². The molecule has 2 bridgehead atoms. The molecule has 2 aromatic rings. The molecule has 1 N–H and O–H groups in total. The molecule has 0 radical (unpaired) electrons. The van der Waals surface area contributed by atoms with Crippen LogP contribution in [0.4, 0.5) is 10.5 Å². The number of amides is 2. The fraction of sp³-hybridized carbons (Fsp3) is 0.316. The van der Waals surface area contributed by atoms with Crippen molar-refractivity contribution in [1.82, 2.24) is 5.32 Å². The highest BCUT2D eigenvalue weighted by Crippen LogP contribution is 2.47. The number of halogens is 1. The van der Waals surface area contributed by atoms with Gasteiger partial charge >= 0.3 is 6.03 Å². The summed E-state index contributed by atoms with van der Waals surface area (Å²) >= 11 is 3.49. The molecule has 4 rings (SSSR count). The summed E-state index contributed by atoms with van der Waals surface area (Å²) in [5.74, 6) is 1.46.